The Balaban J connectivity index is 1.82. The number of carbonyl (C=O) groups excluding carboxylic acids is 1. The molecule has 1 aromatic heterocycles. The Labute approximate surface area is 154 Å². The lowest BCUT2D eigenvalue weighted by Gasteiger charge is -2.10. The standard InChI is InChI=1S/C19H16F2N4O2/c1-11-10-16(18(26)25-17-14(20)4-3-5-15(17)21)24-19(22-11)23-12-6-8-13(27-2)9-7-12/h3-10H,1-2H3,(H,25,26)(H,22,23,24). The molecule has 0 aliphatic rings. The summed E-state index contributed by atoms with van der Waals surface area (Å²) in [6.07, 6.45) is 0. The topological polar surface area (TPSA) is 76.1 Å². The highest BCUT2D eigenvalue weighted by molar-refractivity contribution is 6.03. The minimum Gasteiger partial charge on any atom is -0.497 e. The number of benzene rings is 2. The van der Waals surface area contributed by atoms with E-state index in [1.54, 1.807) is 38.3 Å². The quantitative estimate of drug-likeness (QED) is 0.708. The normalized spacial score (nSPS) is 10.4. The summed E-state index contributed by atoms with van der Waals surface area (Å²) in [7, 11) is 1.56. The summed E-state index contributed by atoms with van der Waals surface area (Å²) in [6, 6.07) is 11.8. The number of anilines is 3. The third-order valence-electron chi connectivity index (χ3n) is 3.63. The van der Waals surface area contributed by atoms with E-state index in [1.807, 2.05) is 0 Å². The summed E-state index contributed by atoms with van der Waals surface area (Å²) in [5.74, 6) is -1.62. The molecule has 0 radical (unpaired) electrons. The molecule has 3 aromatic rings. The van der Waals surface area contributed by atoms with Crippen LogP contribution in [0.4, 0.5) is 26.1 Å². The first-order valence-corrected chi connectivity index (χ1v) is 7.98. The van der Waals surface area contributed by atoms with Crippen LogP contribution in [0.15, 0.2) is 48.5 Å². The smallest absolute Gasteiger partial charge is 0.274 e. The van der Waals surface area contributed by atoms with Gasteiger partial charge in [-0.05, 0) is 49.4 Å². The van der Waals surface area contributed by atoms with Crippen LogP contribution >= 0.6 is 0 Å². The minimum absolute atomic E-state index is 0.0267. The van der Waals surface area contributed by atoms with Crippen LogP contribution in [0.1, 0.15) is 16.2 Å². The Kier molecular flexibility index (Phi) is 5.25. The van der Waals surface area contributed by atoms with Gasteiger partial charge in [0.25, 0.3) is 5.91 Å². The fraction of sp³-hybridized carbons (Fsp3) is 0.105. The van der Waals surface area contributed by atoms with Gasteiger partial charge in [0, 0.05) is 11.4 Å². The van der Waals surface area contributed by atoms with E-state index in [1.165, 1.54) is 12.1 Å². The Hall–Kier alpha value is -3.55. The third-order valence-corrected chi connectivity index (χ3v) is 3.63. The molecule has 0 aliphatic heterocycles. The summed E-state index contributed by atoms with van der Waals surface area (Å²) < 4.78 is 32.5. The van der Waals surface area contributed by atoms with E-state index in [0.717, 1.165) is 12.1 Å². The third kappa shape index (κ3) is 4.35. The van der Waals surface area contributed by atoms with E-state index in [4.69, 9.17) is 4.74 Å². The van der Waals surface area contributed by atoms with Crippen LogP contribution in [-0.4, -0.2) is 23.0 Å². The van der Waals surface area contributed by atoms with Gasteiger partial charge in [-0.2, -0.15) is 0 Å². The van der Waals surface area contributed by atoms with Gasteiger partial charge in [-0.1, -0.05) is 6.07 Å². The lowest BCUT2D eigenvalue weighted by molar-refractivity contribution is 0.102. The number of aromatic nitrogens is 2. The van der Waals surface area contributed by atoms with Crippen molar-refractivity contribution in [3.05, 3.63) is 71.6 Å². The average Bonchev–Trinajstić information content (AvgIpc) is 2.65. The van der Waals surface area contributed by atoms with Crippen molar-refractivity contribution in [1.29, 1.82) is 0 Å². The number of amides is 1. The van der Waals surface area contributed by atoms with Gasteiger partial charge in [0.2, 0.25) is 5.95 Å². The number of nitrogens with zero attached hydrogens (tertiary/aromatic N) is 2. The highest BCUT2D eigenvalue weighted by Crippen LogP contribution is 2.20. The number of aryl methyl sites for hydroxylation is 1. The van der Waals surface area contributed by atoms with Crippen molar-refractivity contribution >= 4 is 23.2 Å². The highest BCUT2D eigenvalue weighted by atomic mass is 19.1. The number of rotatable bonds is 5. The average molecular weight is 370 g/mol. The maximum atomic E-state index is 13.7. The van der Waals surface area contributed by atoms with E-state index >= 15 is 0 Å². The van der Waals surface area contributed by atoms with Gasteiger partial charge in [0.1, 0.15) is 28.8 Å². The van der Waals surface area contributed by atoms with Crippen LogP contribution in [0.2, 0.25) is 0 Å². The second kappa shape index (κ2) is 7.77. The number of para-hydroxylation sites is 1. The Bertz CT molecular complexity index is 958. The van der Waals surface area contributed by atoms with Crippen molar-refractivity contribution in [3.8, 4) is 5.75 Å². The monoisotopic (exact) mass is 370 g/mol. The second-order valence-corrected chi connectivity index (χ2v) is 5.62. The molecular formula is C19H16F2N4O2. The summed E-state index contributed by atoms with van der Waals surface area (Å²) in [4.78, 5) is 20.7. The van der Waals surface area contributed by atoms with E-state index in [0.29, 0.717) is 17.1 Å². The van der Waals surface area contributed by atoms with E-state index in [9.17, 15) is 13.6 Å². The molecule has 0 atom stereocenters. The van der Waals surface area contributed by atoms with Gasteiger partial charge in [0.15, 0.2) is 0 Å². The van der Waals surface area contributed by atoms with Crippen molar-refractivity contribution in [3.63, 3.8) is 0 Å². The molecule has 0 unspecified atom stereocenters. The van der Waals surface area contributed by atoms with Gasteiger partial charge in [-0.15, -0.1) is 0 Å². The van der Waals surface area contributed by atoms with E-state index < -0.39 is 23.2 Å². The molecule has 0 spiro atoms. The Morgan fingerprint density at radius 3 is 2.33 bits per heavy atom. The number of hydrogen-bond donors (Lipinski definition) is 2. The van der Waals surface area contributed by atoms with Crippen LogP contribution < -0.4 is 15.4 Å². The molecule has 0 saturated carbocycles. The molecule has 2 aromatic carbocycles. The van der Waals surface area contributed by atoms with Gasteiger partial charge < -0.3 is 15.4 Å². The number of halogens is 2. The number of nitrogens with one attached hydrogen (secondary N) is 2. The molecule has 138 valence electrons. The molecule has 0 fully saturated rings. The summed E-state index contributed by atoms with van der Waals surface area (Å²) in [5, 5.41) is 5.18. The minimum atomic E-state index is -0.870. The predicted octanol–water partition coefficient (Wildman–Crippen LogP) is 4.07. The van der Waals surface area contributed by atoms with Crippen LogP contribution in [0.3, 0.4) is 0 Å². The maximum Gasteiger partial charge on any atom is 0.274 e. The van der Waals surface area contributed by atoms with Crippen LogP contribution in [0, 0.1) is 18.6 Å². The lowest BCUT2D eigenvalue weighted by atomic mass is 10.2. The zero-order valence-electron chi connectivity index (χ0n) is 14.6. The van der Waals surface area contributed by atoms with Crippen molar-refractivity contribution in [2.24, 2.45) is 0 Å². The van der Waals surface area contributed by atoms with Gasteiger partial charge >= 0.3 is 0 Å². The summed E-state index contributed by atoms with van der Waals surface area (Å²) in [6.45, 7) is 1.68. The molecule has 0 aliphatic carbocycles. The van der Waals surface area contributed by atoms with Gasteiger partial charge in [-0.25, -0.2) is 18.7 Å². The Morgan fingerprint density at radius 2 is 1.70 bits per heavy atom. The molecule has 8 heteroatoms. The maximum absolute atomic E-state index is 13.7. The molecule has 1 amide bonds. The largest absolute Gasteiger partial charge is 0.497 e. The molecule has 2 N–H and O–H groups in total. The molecular weight excluding hydrogens is 354 g/mol. The first-order valence-electron chi connectivity index (χ1n) is 7.98. The molecule has 6 nitrogen and oxygen atoms in total. The number of hydrogen-bond acceptors (Lipinski definition) is 5. The van der Waals surface area contributed by atoms with Gasteiger partial charge in [0.05, 0.1) is 7.11 Å². The van der Waals surface area contributed by atoms with Crippen LogP contribution in [-0.2, 0) is 0 Å². The molecule has 0 bridgehead atoms. The first-order chi connectivity index (χ1) is 13.0. The molecule has 1 heterocycles. The number of ether oxygens (including phenoxy) is 1. The fourth-order valence-electron chi connectivity index (χ4n) is 2.34. The van der Waals surface area contributed by atoms with Crippen molar-refractivity contribution in [2.45, 2.75) is 6.92 Å². The van der Waals surface area contributed by atoms with Crippen molar-refractivity contribution < 1.29 is 18.3 Å². The number of methoxy groups -OCH3 is 1. The first kappa shape index (κ1) is 18.2. The SMILES string of the molecule is COc1ccc(Nc2nc(C)cc(C(=O)Nc3c(F)cccc3F)n2)cc1. The molecule has 27 heavy (non-hydrogen) atoms. The highest BCUT2D eigenvalue weighted by Gasteiger charge is 2.16. The predicted molar refractivity (Wildman–Crippen MR) is 97.4 cm³/mol. The fourth-order valence-corrected chi connectivity index (χ4v) is 2.34. The van der Waals surface area contributed by atoms with Crippen molar-refractivity contribution in [1.82, 2.24) is 9.97 Å². The zero-order chi connectivity index (χ0) is 19.4. The number of carbonyl (C=O) groups is 1. The van der Waals surface area contributed by atoms with Crippen molar-refractivity contribution in [2.75, 3.05) is 17.7 Å². The van der Waals surface area contributed by atoms with Crippen LogP contribution in [0.5, 0.6) is 5.75 Å². The van der Waals surface area contributed by atoms with E-state index in [-0.39, 0.29) is 11.6 Å². The Morgan fingerprint density at radius 1 is 1.04 bits per heavy atom. The van der Waals surface area contributed by atoms with Gasteiger partial charge in [-0.3, -0.25) is 4.79 Å². The van der Waals surface area contributed by atoms with Crippen LogP contribution in [0.25, 0.3) is 0 Å². The molecule has 3 rings (SSSR count). The molecule has 0 saturated heterocycles. The van der Waals surface area contributed by atoms with E-state index in [2.05, 4.69) is 20.6 Å². The zero-order valence-corrected chi connectivity index (χ0v) is 14.6. The second-order valence-electron chi connectivity index (χ2n) is 5.62. The summed E-state index contributed by atoms with van der Waals surface area (Å²) >= 11 is 0. The lowest BCUT2D eigenvalue weighted by Crippen LogP contribution is -2.17. The summed E-state index contributed by atoms with van der Waals surface area (Å²) in [5.41, 5.74) is 0.651.